The van der Waals surface area contributed by atoms with Crippen molar-refractivity contribution in [3.8, 4) is 11.8 Å². The van der Waals surface area contributed by atoms with E-state index in [9.17, 15) is 10.1 Å². The van der Waals surface area contributed by atoms with Crippen molar-refractivity contribution in [1.82, 2.24) is 0 Å². The molecule has 2 atom stereocenters. The molecule has 1 aliphatic heterocycles. The molecule has 2 unspecified atom stereocenters. The zero-order valence-corrected chi connectivity index (χ0v) is 15.8. The van der Waals surface area contributed by atoms with Gasteiger partial charge in [-0.15, -0.1) is 0 Å². The third-order valence-electron chi connectivity index (χ3n) is 5.32. The minimum absolute atomic E-state index is 0.0753. The Balaban J connectivity index is 1.83. The van der Waals surface area contributed by atoms with Gasteiger partial charge in [0.1, 0.15) is 11.5 Å². The van der Waals surface area contributed by atoms with Gasteiger partial charge in [0.2, 0.25) is 5.90 Å². The van der Waals surface area contributed by atoms with Crippen LogP contribution in [0.3, 0.4) is 0 Å². The van der Waals surface area contributed by atoms with Crippen LogP contribution in [0.2, 0.25) is 0 Å². The molecule has 0 saturated carbocycles. The monoisotopic (exact) mass is 366 g/mol. The summed E-state index contributed by atoms with van der Waals surface area (Å²) >= 11 is 0. The molecule has 1 aromatic carbocycles. The minimum Gasteiger partial charge on any atom is -0.441 e. The molecule has 0 aliphatic carbocycles. The molecule has 0 bridgehead atoms. The molecule has 142 valence electrons. The second-order valence-electron chi connectivity index (χ2n) is 7.22. The summed E-state index contributed by atoms with van der Waals surface area (Å²) in [5.41, 5.74) is 0.408. The maximum absolute atomic E-state index is 12.6. The van der Waals surface area contributed by atoms with E-state index in [1.165, 1.54) is 25.7 Å². The lowest BCUT2D eigenvalue weighted by Gasteiger charge is -2.29. The van der Waals surface area contributed by atoms with E-state index in [0.717, 1.165) is 19.3 Å². The molecule has 0 radical (unpaired) electrons. The Morgan fingerprint density at radius 3 is 2.56 bits per heavy atom. The van der Waals surface area contributed by atoms with Gasteiger partial charge >= 0.3 is 5.63 Å². The van der Waals surface area contributed by atoms with Gasteiger partial charge in [-0.2, -0.15) is 5.26 Å². The summed E-state index contributed by atoms with van der Waals surface area (Å²) in [7, 11) is 0. The molecule has 5 heteroatoms. The summed E-state index contributed by atoms with van der Waals surface area (Å²) in [4.78, 5) is 12.6. The van der Waals surface area contributed by atoms with Gasteiger partial charge < -0.3 is 9.15 Å². The van der Waals surface area contributed by atoms with Crippen molar-refractivity contribution < 1.29 is 9.15 Å². The molecular weight excluding hydrogens is 340 g/mol. The summed E-state index contributed by atoms with van der Waals surface area (Å²) in [5, 5.41) is 18.4. The van der Waals surface area contributed by atoms with Gasteiger partial charge in [-0.05, 0) is 18.6 Å². The molecule has 1 aromatic heterocycles. The predicted octanol–water partition coefficient (Wildman–Crippen LogP) is 5.53. The van der Waals surface area contributed by atoms with Crippen molar-refractivity contribution in [2.45, 2.75) is 64.2 Å². The van der Waals surface area contributed by atoms with Gasteiger partial charge in [-0.1, -0.05) is 64.0 Å². The van der Waals surface area contributed by atoms with E-state index in [1.807, 2.05) is 12.1 Å². The third kappa shape index (κ3) is 4.05. The fourth-order valence-corrected chi connectivity index (χ4v) is 3.87. The molecule has 27 heavy (non-hydrogen) atoms. The Morgan fingerprint density at radius 2 is 1.81 bits per heavy atom. The number of rotatable bonds is 8. The van der Waals surface area contributed by atoms with Crippen LogP contribution in [0.25, 0.3) is 11.0 Å². The van der Waals surface area contributed by atoms with Gasteiger partial charge in [-0.3, -0.25) is 5.41 Å². The molecule has 0 saturated heterocycles. The van der Waals surface area contributed by atoms with Crippen molar-refractivity contribution in [3.63, 3.8) is 0 Å². The fraction of sp³-hybridized carbons (Fsp3) is 0.500. The quantitative estimate of drug-likeness (QED) is 0.492. The Morgan fingerprint density at radius 1 is 1.11 bits per heavy atom. The average molecular weight is 366 g/mol. The molecule has 0 spiro atoms. The summed E-state index contributed by atoms with van der Waals surface area (Å²) in [5.74, 6) is -0.760. The summed E-state index contributed by atoms with van der Waals surface area (Å²) < 4.78 is 11.1. The number of ether oxygens (including phenoxy) is 1. The highest BCUT2D eigenvalue weighted by Gasteiger charge is 2.39. The van der Waals surface area contributed by atoms with Crippen molar-refractivity contribution in [2.75, 3.05) is 0 Å². The molecule has 1 aliphatic rings. The Labute approximate surface area is 159 Å². The summed E-state index contributed by atoms with van der Waals surface area (Å²) in [6.07, 6.45) is 8.84. The van der Waals surface area contributed by atoms with Crippen LogP contribution in [-0.2, 0) is 0 Å². The van der Waals surface area contributed by atoms with Gasteiger partial charge in [0.15, 0.2) is 5.75 Å². The third-order valence-corrected chi connectivity index (χ3v) is 5.32. The highest BCUT2D eigenvalue weighted by atomic mass is 16.5. The molecule has 1 N–H and O–H groups in total. The highest BCUT2D eigenvalue weighted by Crippen LogP contribution is 2.42. The van der Waals surface area contributed by atoms with Crippen LogP contribution >= 0.6 is 0 Å². The standard InChI is InChI=1S/C22H26N2O3/c1-2-3-4-5-6-7-8-11-15-17(14-23)21(24)27-20-16-12-9-10-13-18(16)26-22(25)19(15)20/h9-10,12-13,15,17,24H,2-8,11H2,1H3. The van der Waals surface area contributed by atoms with Crippen LogP contribution in [0.5, 0.6) is 5.75 Å². The van der Waals surface area contributed by atoms with E-state index in [1.54, 1.807) is 12.1 Å². The van der Waals surface area contributed by atoms with E-state index >= 15 is 0 Å². The second-order valence-corrected chi connectivity index (χ2v) is 7.22. The lowest BCUT2D eigenvalue weighted by atomic mass is 9.80. The van der Waals surface area contributed by atoms with Gasteiger partial charge in [0.25, 0.3) is 0 Å². The lowest BCUT2D eigenvalue weighted by molar-refractivity contribution is 0.390. The molecule has 0 amide bonds. The topological polar surface area (TPSA) is 87.1 Å². The predicted molar refractivity (Wildman–Crippen MR) is 105 cm³/mol. The first kappa shape index (κ1) is 19.2. The van der Waals surface area contributed by atoms with E-state index in [-0.39, 0.29) is 11.8 Å². The minimum atomic E-state index is -0.735. The molecule has 2 heterocycles. The van der Waals surface area contributed by atoms with Crippen molar-refractivity contribution in [1.29, 1.82) is 10.7 Å². The number of nitriles is 1. The van der Waals surface area contributed by atoms with Crippen LogP contribution in [0.15, 0.2) is 33.5 Å². The largest absolute Gasteiger partial charge is 0.441 e. The number of unbranched alkanes of at least 4 members (excludes halogenated alkanes) is 6. The summed E-state index contributed by atoms with van der Waals surface area (Å²) in [6.45, 7) is 2.20. The number of para-hydroxylation sites is 1. The number of benzene rings is 1. The van der Waals surface area contributed by atoms with Crippen LogP contribution in [0.4, 0.5) is 0 Å². The molecule has 2 aromatic rings. The Kier molecular flexibility index (Phi) is 6.28. The van der Waals surface area contributed by atoms with E-state index < -0.39 is 11.5 Å². The van der Waals surface area contributed by atoms with Crippen LogP contribution in [-0.4, -0.2) is 5.90 Å². The van der Waals surface area contributed by atoms with Gasteiger partial charge in [0, 0.05) is 5.92 Å². The summed E-state index contributed by atoms with van der Waals surface area (Å²) in [6, 6.07) is 9.33. The Bertz CT molecular complexity index is 910. The zero-order chi connectivity index (χ0) is 19.2. The molecule has 0 fully saturated rings. The van der Waals surface area contributed by atoms with Crippen molar-refractivity contribution in [3.05, 3.63) is 40.2 Å². The first-order valence-electron chi connectivity index (χ1n) is 9.89. The lowest BCUT2D eigenvalue weighted by Crippen LogP contribution is -2.34. The van der Waals surface area contributed by atoms with Crippen molar-refractivity contribution >= 4 is 16.9 Å². The normalized spacial score (nSPS) is 18.7. The smallest absolute Gasteiger partial charge is 0.343 e. The Hall–Kier alpha value is -2.61. The van der Waals surface area contributed by atoms with Crippen LogP contribution < -0.4 is 10.4 Å². The average Bonchev–Trinajstić information content (AvgIpc) is 2.67. The van der Waals surface area contributed by atoms with Crippen molar-refractivity contribution in [2.24, 2.45) is 5.92 Å². The van der Waals surface area contributed by atoms with E-state index in [0.29, 0.717) is 28.7 Å². The van der Waals surface area contributed by atoms with E-state index in [2.05, 4.69) is 13.0 Å². The SMILES string of the molecule is CCCCCCCCCC1c2c(c3ccccc3oc2=O)OC(=N)C1C#N. The number of nitrogens with zero attached hydrogens (tertiary/aromatic N) is 1. The molecular formula is C22H26N2O3. The van der Waals surface area contributed by atoms with E-state index in [4.69, 9.17) is 14.6 Å². The number of hydrogen-bond acceptors (Lipinski definition) is 5. The van der Waals surface area contributed by atoms with Crippen LogP contribution in [0, 0.1) is 22.7 Å². The zero-order valence-electron chi connectivity index (χ0n) is 15.8. The number of hydrogen-bond donors (Lipinski definition) is 1. The molecule has 5 nitrogen and oxygen atoms in total. The first-order chi connectivity index (χ1) is 13.2. The highest BCUT2D eigenvalue weighted by molar-refractivity contribution is 5.92. The van der Waals surface area contributed by atoms with Gasteiger partial charge in [-0.25, -0.2) is 4.79 Å². The first-order valence-corrected chi connectivity index (χ1v) is 9.89. The number of nitrogens with one attached hydrogen (secondary N) is 1. The number of fused-ring (bicyclic) bond motifs is 3. The molecule has 3 rings (SSSR count). The van der Waals surface area contributed by atoms with Gasteiger partial charge in [0.05, 0.1) is 17.0 Å². The van der Waals surface area contributed by atoms with Crippen LogP contribution in [0.1, 0.15) is 69.8 Å². The fourth-order valence-electron chi connectivity index (χ4n) is 3.87. The maximum atomic E-state index is 12.6. The maximum Gasteiger partial charge on any atom is 0.343 e. The second kappa shape index (κ2) is 8.85.